The van der Waals surface area contributed by atoms with E-state index in [1.807, 2.05) is 35.4 Å². The summed E-state index contributed by atoms with van der Waals surface area (Å²) in [5.74, 6) is 1.31. The molecule has 0 atom stereocenters. The van der Waals surface area contributed by atoms with Crippen molar-refractivity contribution in [3.63, 3.8) is 0 Å². The number of hydrogen-bond donors (Lipinski definition) is 2. The molecule has 0 saturated heterocycles. The Hall–Kier alpha value is -2.87. The van der Waals surface area contributed by atoms with Gasteiger partial charge in [-0.1, -0.05) is 47.2 Å². The van der Waals surface area contributed by atoms with Crippen LogP contribution in [-0.2, 0) is 0 Å². The van der Waals surface area contributed by atoms with Gasteiger partial charge in [-0.25, -0.2) is 0 Å². The normalized spacial score (nSPS) is 18.6. The highest BCUT2D eigenvalue weighted by Crippen LogP contribution is 2.45. The minimum Gasteiger partial charge on any atom is -0.497 e. The van der Waals surface area contributed by atoms with Gasteiger partial charge in [0.25, 0.3) is 0 Å². The van der Waals surface area contributed by atoms with Gasteiger partial charge in [0.05, 0.1) is 12.9 Å². The second-order valence-corrected chi connectivity index (χ2v) is 8.36. The van der Waals surface area contributed by atoms with E-state index in [9.17, 15) is 13.9 Å². The zero-order valence-corrected chi connectivity index (χ0v) is 16.1. The monoisotopic (exact) mass is 396 g/mol. The molecule has 2 heterocycles. The fraction of sp³-hybridized carbons (Fsp3) is 0.143. The molecule has 144 valence electrons. The van der Waals surface area contributed by atoms with Crippen LogP contribution in [0.5, 0.6) is 5.75 Å². The fourth-order valence-corrected chi connectivity index (χ4v) is 4.20. The number of ketones is 1. The van der Waals surface area contributed by atoms with Crippen LogP contribution in [0, 0.1) is 0 Å². The van der Waals surface area contributed by atoms with E-state index in [4.69, 9.17) is 4.74 Å². The van der Waals surface area contributed by atoms with Gasteiger partial charge in [-0.05, 0) is 29.8 Å². The van der Waals surface area contributed by atoms with Crippen molar-refractivity contribution in [1.29, 1.82) is 0 Å². The molecule has 0 aliphatic carbocycles. The molecule has 2 aliphatic rings. The van der Waals surface area contributed by atoms with Crippen LogP contribution in [0.15, 0.2) is 71.3 Å². The Morgan fingerprint density at radius 1 is 1.14 bits per heavy atom. The molecule has 7 heteroatoms. The molecule has 28 heavy (non-hydrogen) atoms. The minimum absolute atomic E-state index is 0.0891. The van der Waals surface area contributed by atoms with E-state index in [1.54, 1.807) is 43.5 Å². The highest BCUT2D eigenvalue weighted by atomic mass is 32.3. The van der Waals surface area contributed by atoms with Crippen molar-refractivity contribution in [2.75, 3.05) is 19.4 Å². The summed E-state index contributed by atoms with van der Waals surface area (Å²) >= 11 is 0. The summed E-state index contributed by atoms with van der Waals surface area (Å²) in [7, 11) is -1.39. The van der Waals surface area contributed by atoms with Crippen LogP contribution in [0.25, 0.3) is 5.57 Å². The first-order valence-corrected chi connectivity index (χ1v) is 10.4. The number of carbonyl (C=O) groups is 1. The highest BCUT2D eigenvalue weighted by molar-refractivity contribution is 8.23. The molecule has 2 aromatic rings. The zero-order chi connectivity index (χ0) is 19.7. The quantitative estimate of drug-likeness (QED) is 0.757. The Morgan fingerprint density at radius 3 is 2.68 bits per heavy atom. The number of allylic oxidation sites excluding steroid dienone is 2. The number of hydrogen-bond acceptors (Lipinski definition) is 6. The molecule has 2 aliphatic heterocycles. The van der Waals surface area contributed by atoms with Crippen LogP contribution >= 0.6 is 10.8 Å². The van der Waals surface area contributed by atoms with Gasteiger partial charge in [0.1, 0.15) is 5.75 Å². The first-order chi connectivity index (χ1) is 13.5. The molecular weight excluding hydrogens is 376 g/mol. The summed E-state index contributed by atoms with van der Waals surface area (Å²) in [6.45, 7) is 0.501. The van der Waals surface area contributed by atoms with E-state index in [2.05, 4.69) is 4.40 Å². The molecule has 6 nitrogen and oxygen atoms in total. The fourth-order valence-electron chi connectivity index (χ4n) is 3.19. The van der Waals surface area contributed by atoms with Gasteiger partial charge in [-0.15, -0.1) is 4.40 Å². The number of benzene rings is 2. The number of carbonyl (C=O) groups excluding carboxylic acids is 1. The Balaban J connectivity index is 1.63. The van der Waals surface area contributed by atoms with Crippen LogP contribution < -0.4 is 4.74 Å². The van der Waals surface area contributed by atoms with E-state index in [-0.39, 0.29) is 11.5 Å². The topological polar surface area (TPSA) is 82.4 Å². The molecule has 0 aromatic heterocycles. The van der Waals surface area contributed by atoms with Crippen molar-refractivity contribution in [2.24, 2.45) is 4.40 Å². The van der Waals surface area contributed by atoms with Crippen molar-refractivity contribution in [3.05, 3.63) is 83.6 Å². The Morgan fingerprint density at radius 2 is 1.93 bits per heavy atom. The first kappa shape index (κ1) is 18.5. The predicted molar refractivity (Wildman–Crippen MR) is 112 cm³/mol. The molecule has 0 radical (unpaired) electrons. The van der Waals surface area contributed by atoms with E-state index >= 15 is 0 Å². The van der Waals surface area contributed by atoms with Crippen LogP contribution in [0.4, 0.5) is 0 Å². The molecular formula is C21H20N2O4S. The van der Waals surface area contributed by atoms with Gasteiger partial charge in [0.2, 0.25) is 0 Å². The van der Waals surface area contributed by atoms with Gasteiger partial charge >= 0.3 is 0 Å². The maximum atomic E-state index is 12.7. The molecule has 0 amide bonds. The van der Waals surface area contributed by atoms with Gasteiger partial charge in [0.15, 0.2) is 11.6 Å². The molecule has 2 N–H and O–H groups in total. The van der Waals surface area contributed by atoms with E-state index < -0.39 is 10.8 Å². The van der Waals surface area contributed by atoms with E-state index in [0.717, 1.165) is 11.1 Å². The third-order valence-electron chi connectivity index (χ3n) is 4.67. The first-order valence-electron chi connectivity index (χ1n) is 8.77. The number of ether oxygens (including phenoxy) is 1. The van der Waals surface area contributed by atoms with Gasteiger partial charge < -0.3 is 9.64 Å². The average molecular weight is 396 g/mol. The standard InChI is InChI=1S/C21H20N2O4S/c1-27-18-5-2-4-17(14-18)20(24)16-9-7-15(8-10-16)19-6-3-11-23-12-13-28(25,26)22-21(19)23/h2-11,14,25-26H,12-13H2,1H3. The molecule has 0 fully saturated rings. The van der Waals surface area contributed by atoms with Crippen molar-refractivity contribution in [3.8, 4) is 5.75 Å². The minimum atomic E-state index is -2.95. The average Bonchev–Trinajstić information content (AvgIpc) is 2.72. The Kier molecular flexibility index (Phi) is 4.80. The van der Waals surface area contributed by atoms with Crippen molar-refractivity contribution >= 4 is 28.0 Å². The summed E-state index contributed by atoms with van der Waals surface area (Å²) < 4.78 is 29.3. The van der Waals surface area contributed by atoms with Gasteiger partial charge in [-0.3, -0.25) is 13.9 Å². The summed E-state index contributed by atoms with van der Waals surface area (Å²) in [6, 6.07) is 14.3. The lowest BCUT2D eigenvalue weighted by atomic mass is 9.97. The predicted octanol–water partition coefficient (Wildman–Crippen LogP) is 4.22. The third kappa shape index (κ3) is 3.60. The Bertz CT molecular complexity index is 1010. The highest BCUT2D eigenvalue weighted by Gasteiger charge is 2.27. The lowest BCUT2D eigenvalue weighted by molar-refractivity contribution is 0.103. The molecule has 0 saturated carbocycles. The van der Waals surface area contributed by atoms with Crippen molar-refractivity contribution in [1.82, 2.24) is 4.90 Å². The van der Waals surface area contributed by atoms with Crippen molar-refractivity contribution < 1.29 is 18.6 Å². The summed E-state index contributed by atoms with van der Waals surface area (Å²) in [5.41, 5.74) is 2.77. The number of rotatable bonds is 4. The van der Waals surface area contributed by atoms with Crippen LogP contribution in [0.3, 0.4) is 0 Å². The summed E-state index contributed by atoms with van der Waals surface area (Å²) in [5, 5.41) is 0. The van der Waals surface area contributed by atoms with E-state index in [0.29, 0.717) is 29.3 Å². The van der Waals surface area contributed by atoms with Crippen LogP contribution in [-0.4, -0.2) is 45.0 Å². The van der Waals surface area contributed by atoms with Gasteiger partial charge in [0, 0.05) is 29.4 Å². The second-order valence-electron chi connectivity index (χ2n) is 6.50. The number of nitrogens with zero attached hydrogens (tertiary/aromatic N) is 2. The second kappa shape index (κ2) is 7.27. The Labute approximate surface area is 165 Å². The van der Waals surface area contributed by atoms with Crippen molar-refractivity contribution in [2.45, 2.75) is 0 Å². The smallest absolute Gasteiger partial charge is 0.193 e. The summed E-state index contributed by atoms with van der Waals surface area (Å²) in [4.78, 5) is 14.6. The van der Waals surface area contributed by atoms with Crippen LogP contribution in [0.2, 0.25) is 0 Å². The maximum Gasteiger partial charge on any atom is 0.193 e. The van der Waals surface area contributed by atoms with Crippen LogP contribution in [0.1, 0.15) is 21.5 Å². The SMILES string of the molecule is COc1cccc(C(=O)c2ccc(C3=CC=CN4CCS(O)(O)N=C34)cc2)c1. The van der Waals surface area contributed by atoms with E-state index in [1.165, 1.54) is 0 Å². The zero-order valence-electron chi connectivity index (χ0n) is 15.3. The molecule has 0 spiro atoms. The molecule has 4 rings (SSSR count). The third-order valence-corrected chi connectivity index (χ3v) is 5.87. The number of amidine groups is 1. The largest absolute Gasteiger partial charge is 0.497 e. The molecule has 2 aromatic carbocycles. The number of methoxy groups -OCH3 is 1. The maximum absolute atomic E-state index is 12.7. The lowest BCUT2D eigenvalue weighted by Crippen LogP contribution is -2.36. The summed E-state index contributed by atoms with van der Waals surface area (Å²) in [6.07, 6.45) is 5.66. The van der Waals surface area contributed by atoms with Gasteiger partial charge in [-0.2, -0.15) is 0 Å². The number of fused-ring (bicyclic) bond motifs is 1. The molecule has 0 bridgehead atoms. The molecule has 0 unspecified atom stereocenters. The lowest BCUT2D eigenvalue weighted by Gasteiger charge is -2.38.